The first-order valence-electron chi connectivity index (χ1n) is 9.44. The van der Waals surface area contributed by atoms with E-state index in [-0.39, 0.29) is 29.9 Å². The van der Waals surface area contributed by atoms with Gasteiger partial charge < -0.3 is 25.0 Å². The molecular weight excluding hydrogens is 346 g/mol. The molecule has 2 rings (SSSR count). The fraction of sp³-hybridized carbons (Fsp3) is 0.600. The molecule has 3 atom stereocenters. The van der Waals surface area contributed by atoms with Crippen LogP contribution in [-0.2, 0) is 9.53 Å². The Labute approximate surface area is 161 Å². The molecule has 7 nitrogen and oxygen atoms in total. The summed E-state index contributed by atoms with van der Waals surface area (Å²) in [4.78, 5) is 26.4. The van der Waals surface area contributed by atoms with Gasteiger partial charge in [-0.25, -0.2) is 0 Å². The van der Waals surface area contributed by atoms with Crippen LogP contribution < -0.4 is 15.4 Å². The lowest BCUT2D eigenvalue weighted by Crippen LogP contribution is -2.44. The van der Waals surface area contributed by atoms with Crippen molar-refractivity contribution in [2.75, 3.05) is 39.2 Å². The molecule has 1 aromatic carbocycles. The van der Waals surface area contributed by atoms with Crippen molar-refractivity contribution in [2.24, 2.45) is 5.92 Å². The smallest absolute Gasteiger partial charge is 0.257 e. The van der Waals surface area contributed by atoms with E-state index in [1.165, 1.54) is 0 Å². The monoisotopic (exact) mass is 377 g/mol. The van der Waals surface area contributed by atoms with Gasteiger partial charge in [-0.05, 0) is 31.0 Å². The van der Waals surface area contributed by atoms with Crippen molar-refractivity contribution in [1.29, 1.82) is 0 Å². The quantitative estimate of drug-likeness (QED) is 0.844. The fourth-order valence-electron chi connectivity index (χ4n) is 2.99. The Morgan fingerprint density at radius 2 is 2.15 bits per heavy atom. The molecule has 1 heterocycles. The first-order chi connectivity index (χ1) is 12.8. The highest BCUT2D eigenvalue weighted by Gasteiger charge is 2.25. The maximum atomic E-state index is 13.1. The molecule has 0 bridgehead atoms. The van der Waals surface area contributed by atoms with Crippen molar-refractivity contribution in [2.45, 2.75) is 39.3 Å². The van der Waals surface area contributed by atoms with Gasteiger partial charge in [0.05, 0.1) is 11.7 Å². The standard InChI is InChI=1S/C20H31N3O4/c1-6-19(24)22-15-7-8-17-16(9-15)20(25)23(4)11-18(26-5)13(2)10-21-14(3)12-27-17/h7-9,13-14,18,21H,6,10-12H2,1-5H3,(H,22,24)/t13-,14+,18+/m1/s1. The third kappa shape index (κ3) is 5.68. The van der Waals surface area contributed by atoms with E-state index < -0.39 is 0 Å². The number of carbonyl (C=O) groups is 2. The van der Waals surface area contributed by atoms with Crippen LogP contribution in [0.25, 0.3) is 0 Å². The SMILES string of the molecule is CCC(=O)Nc1ccc2c(c1)C(=O)N(C)C[C@H](OC)[C@H](C)CN[C@@H](C)CO2. The lowest BCUT2D eigenvalue weighted by Gasteiger charge is -2.30. The minimum Gasteiger partial charge on any atom is -0.491 e. The molecule has 0 unspecified atom stereocenters. The normalized spacial score (nSPS) is 24.3. The van der Waals surface area contributed by atoms with Gasteiger partial charge in [0.1, 0.15) is 12.4 Å². The molecule has 0 aromatic heterocycles. The third-order valence-corrected chi connectivity index (χ3v) is 4.83. The average Bonchev–Trinajstić information content (AvgIpc) is 2.67. The summed E-state index contributed by atoms with van der Waals surface area (Å²) in [5.41, 5.74) is 1.02. The van der Waals surface area contributed by atoms with Gasteiger partial charge in [-0.2, -0.15) is 0 Å². The van der Waals surface area contributed by atoms with E-state index in [1.807, 2.05) is 6.92 Å². The van der Waals surface area contributed by atoms with Crippen LogP contribution in [0.2, 0.25) is 0 Å². The maximum absolute atomic E-state index is 13.1. The van der Waals surface area contributed by atoms with Crippen molar-refractivity contribution in [1.82, 2.24) is 10.2 Å². The average molecular weight is 377 g/mol. The number of rotatable bonds is 3. The summed E-state index contributed by atoms with van der Waals surface area (Å²) < 4.78 is 11.5. The van der Waals surface area contributed by atoms with Gasteiger partial charge in [0.25, 0.3) is 5.91 Å². The summed E-state index contributed by atoms with van der Waals surface area (Å²) in [5, 5.41) is 6.25. The molecule has 150 valence electrons. The highest BCUT2D eigenvalue weighted by Crippen LogP contribution is 2.25. The summed E-state index contributed by atoms with van der Waals surface area (Å²) in [5.74, 6) is 0.489. The lowest BCUT2D eigenvalue weighted by atomic mass is 10.0. The van der Waals surface area contributed by atoms with Gasteiger partial charge in [0, 0.05) is 45.4 Å². The number of nitrogens with zero attached hydrogens (tertiary/aromatic N) is 1. The number of hydrogen-bond acceptors (Lipinski definition) is 5. The van der Waals surface area contributed by atoms with Crippen molar-refractivity contribution in [3.63, 3.8) is 0 Å². The maximum Gasteiger partial charge on any atom is 0.257 e. The number of carbonyl (C=O) groups excluding carboxylic acids is 2. The molecule has 0 saturated heterocycles. The Kier molecular flexibility index (Phi) is 7.62. The van der Waals surface area contributed by atoms with E-state index >= 15 is 0 Å². The summed E-state index contributed by atoms with van der Waals surface area (Å²) in [7, 11) is 3.42. The van der Waals surface area contributed by atoms with Gasteiger partial charge in [0.15, 0.2) is 0 Å². The van der Waals surface area contributed by atoms with E-state index in [1.54, 1.807) is 44.2 Å². The van der Waals surface area contributed by atoms with E-state index in [4.69, 9.17) is 9.47 Å². The number of hydrogen-bond donors (Lipinski definition) is 2. The summed E-state index contributed by atoms with van der Waals surface area (Å²) in [6.45, 7) is 7.62. The molecule has 0 radical (unpaired) electrons. The summed E-state index contributed by atoms with van der Waals surface area (Å²) >= 11 is 0. The van der Waals surface area contributed by atoms with E-state index in [9.17, 15) is 9.59 Å². The van der Waals surface area contributed by atoms with Crippen LogP contribution in [0.5, 0.6) is 5.75 Å². The van der Waals surface area contributed by atoms with Crippen molar-refractivity contribution in [3.05, 3.63) is 23.8 Å². The molecule has 0 saturated carbocycles. The second kappa shape index (κ2) is 9.71. The van der Waals surface area contributed by atoms with Crippen molar-refractivity contribution >= 4 is 17.5 Å². The first kappa shape index (κ1) is 21.2. The van der Waals surface area contributed by atoms with Gasteiger partial charge in [-0.3, -0.25) is 9.59 Å². The topological polar surface area (TPSA) is 79.9 Å². The Bertz CT molecular complexity index is 665. The third-order valence-electron chi connectivity index (χ3n) is 4.83. The molecule has 1 aromatic rings. The number of fused-ring (bicyclic) bond motifs is 1. The summed E-state index contributed by atoms with van der Waals surface area (Å²) in [6.07, 6.45) is 0.295. The van der Waals surface area contributed by atoms with Crippen LogP contribution in [-0.4, -0.2) is 62.7 Å². The number of anilines is 1. The number of nitrogens with one attached hydrogen (secondary N) is 2. The fourth-order valence-corrected chi connectivity index (χ4v) is 2.99. The van der Waals surface area contributed by atoms with Gasteiger partial charge in [0.2, 0.25) is 5.91 Å². The minimum atomic E-state index is -0.159. The number of benzene rings is 1. The second-order valence-electron chi connectivity index (χ2n) is 7.17. The molecule has 1 aliphatic rings. The zero-order chi connectivity index (χ0) is 20.0. The first-order valence-corrected chi connectivity index (χ1v) is 9.44. The predicted molar refractivity (Wildman–Crippen MR) is 105 cm³/mol. The van der Waals surface area contributed by atoms with Crippen LogP contribution in [0, 0.1) is 5.92 Å². The highest BCUT2D eigenvalue weighted by atomic mass is 16.5. The number of ether oxygens (including phenoxy) is 2. The Balaban J connectivity index is 2.35. The van der Waals surface area contributed by atoms with Gasteiger partial charge >= 0.3 is 0 Å². The molecule has 27 heavy (non-hydrogen) atoms. The van der Waals surface area contributed by atoms with Gasteiger partial charge in [-0.1, -0.05) is 13.8 Å². The van der Waals surface area contributed by atoms with Crippen molar-refractivity contribution < 1.29 is 19.1 Å². The molecular formula is C20H31N3O4. The molecule has 0 aliphatic carbocycles. The Hall–Kier alpha value is -2.12. The Morgan fingerprint density at radius 1 is 1.41 bits per heavy atom. The highest BCUT2D eigenvalue weighted by molar-refractivity contribution is 5.99. The minimum absolute atomic E-state index is 0.0783. The largest absolute Gasteiger partial charge is 0.491 e. The number of likely N-dealkylation sites (N-methyl/N-ethyl adjacent to an activating group) is 1. The van der Waals surface area contributed by atoms with Crippen LogP contribution in [0.1, 0.15) is 37.6 Å². The van der Waals surface area contributed by atoms with Crippen LogP contribution in [0.3, 0.4) is 0 Å². The van der Waals surface area contributed by atoms with Crippen LogP contribution >= 0.6 is 0 Å². The van der Waals surface area contributed by atoms with Crippen molar-refractivity contribution in [3.8, 4) is 5.75 Å². The molecule has 2 amide bonds. The zero-order valence-corrected chi connectivity index (χ0v) is 16.9. The lowest BCUT2D eigenvalue weighted by molar-refractivity contribution is -0.115. The van der Waals surface area contributed by atoms with E-state index in [0.717, 1.165) is 6.54 Å². The zero-order valence-electron chi connectivity index (χ0n) is 16.9. The van der Waals surface area contributed by atoms with Crippen LogP contribution in [0.4, 0.5) is 5.69 Å². The molecule has 7 heteroatoms. The van der Waals surface area contributed by atoms with Gasteiger partial charge in [-0.15, -0.1) is 0 Å². The number of amides is 2. The van der Waals surface area contributed by atoms with Crippen LogP contribution in [0.15, 0.2) is 18.2 Å². The summed E-state index contributed by atoms with van der Waals surface area (Å²) in [6, 6.07) is 5.30. The predicted octanol–water partition coefficient (Wildman–Crippen LogP) is 2.13. The molecule has 0 fully saturated rings. The molecule has 0 spiro atoms. The van der Waals surface area contributed by atoms with E-state index in [2.05, 4.69) is 17.6 Å². The molecule has 2 N–H and O–H groups in total. The number of methoxy groups -OCH3 is 1. The Morgan fingerprint density at radius 3 is 2.81 bits per heavy atom. The molecule has 1 aliphatic heterocycles. The second-order valence-corrected chi connectivity index (χ2v) is 7.17. The van der Waals surface area contributed by atoms with E-state index in [0.29, 0.717) is 36.6 Å².